The number of fused-ring (bicyclic) bond motifs is 1. The van der Waals surface area contributed by atoms with Gasteiger partial charge in [0, 0.05) is 35.4 Å². The van der Waals surface area contributed by atoms with E-state index in [4.69, 9.17) is 16.3 Å². The Morgan fingerprint density at radius 3 is 2.88 bits per heavy atom. The second kappa shape index (κ2) is 8.29. The van der Waals surface area contributed by atoms with Crippen LogP contribution in [-0.4, -0.2) is 51.1 Å². The average Bonchev–Trinajstić information content (AvgIpc) is 3.17. The van der Waals surface area contributed by atoms with E-state index in [1.165, 1.54) is 6.20 Å². The van der Waals surface area contributed by atoms with E-state index in [1.54, 1.807) is 18.5 Å². The molecule has 2 fully saturated rings. The van der Waals surface area contributed by atoms with Crippen molar-refractivity contribution in [2.24, 2.45) is 5.41 Å². The molecule has 32 heavy (non-hydrogen) atoms. The molecular weight excluding hydrogens is 435 g/mol. The molecule has 3 aromatic rings. The Balaban J connectivity index is 1.31. The Labute approximate surface area is 189 Å². The van der Waals surface area contributed by atoms with Crippen molar-refractivity contribution in [1.29, 1.82) is 0 Å². The summed E-state index contributed by atoms with van der Waals surface area (Å²) in [5.41, 5.74) is 0.913. The molecule has 1 saturated heterocycles. The number of nitrogens with zero attached hydrogens (tertiary/aromatic N) is 3. The zero-order valence-electron chi connectivity index (χ0n) is 17.6. The maximum absolute atomic E-state index is 14.5. The fourth-order valence-electron chi connectivity index (χ4n) is 4.31. The van der Waals surface area contributed by atoms with Gasteiger partial charge in [-0.1, -0.05) is 11.6 Å². The molecule has 10 heteroatoms. The Kier molecular flexibility index (Phi) is 5.46. The van der Waals surface area contributed by atoms with E-state index < -0.39 is 11.2 Å². The number of hydrogen-bond donors (Lipinski definition) is 3. The SMILES string of the molecule is CC1(C(=O)N[C@@H]2CCC[C@H](Nc3nc(-c4c[nH]c5ncc(Cl)cc45)ncc3F)C2)COC1. The molecule has 1 amide bonds. The number of nitrogens with one attached hydrogen (secondary N) is 3. The number of rotatable bonds is 5. The second-order valence-electron chi connectivity index (χ2n) is 8.87. The van der Waals surface area contributed by atoms with Crippen LogP contribution in [0.3, 0.4) is 0 Å². The predicted molar refractivity (Wildman–Crippen MR) is 119 cm³/mol. The van der Waals surface area contributed by atoms with Crippen LogP contribution in [0.5, 0.6) is 0 Å². The summed E-state index contributed by atoms with van der Waals surface area (Å²) in [5.74, 6) is 0.0324. The Bertz CT molecular complexity index is 1160. The van der Waals surface area contributed by atoms with E-state index in [2.05, 4.69) is 30.6 Å². The van der Waals surface area contributed by atoms with E-state index in [0.29, 0.717) is 41.7 Å². The molecule has 2 atom stereocenters. The van der Waals surface area contributed by atoms with Crippen molar-refractivity contribution >= 4 is 34.4 Å². The van der Waals surface area contributed by atoms with Gasteiger partial charge in [0.2, 0.25) is 5.91 Å². The van der Waals surface area contributed by atoms with Crippen LogP contribution in [0, 0.1) is 11.2 Å². The van der Waals surface area contributed by atoms with E-state index in [-0.39, 0.29) is 23.8 Å². The summed E-state index contributed by atoms with van der Waals surface area (Å²) in [5, 5.41) is 7.63. The van der Waals surface area contributed by atoms with Crippen molar-refractivity contribution in [3.05, 3.63) is 35.5 Å². The first kappa shape index (κ1) is 21.1. The highest BCUT2D eigenvalue weighted by molar-refractivity contribution is 6.31. The molecule has 168 valence electrons. The van der Waals surface area contributed by atoms with Gasteiger partial charge >= 0.3 is 0 Å². The Hall–Kier alpha value is -2.78. The number of H-pyrrole nitrogens is 1. The highest BCUT2D eigenvalue weighted by Crippen LogP contribution is 2.30. The number of hydrogen-bond acceptors (Lipinski definition) is 6. The topological polar surface area (TPSA) is 105 Å². The zero-order chi connectivity index (χ0) is 22.3. The number of ether oxygens (including phenoxy) is 1. The number of aromatic nitrogens is 4. The highest BCUT2D eigenvalue weighted by Gasteiger charge is 2.42. The molecule has 0 radical (unpaired) electrons. The maximum atomic E-state index is 14.5. The fraction of sp³-hybridized carbons (Fsp3) is 0.455. The molecule has 4 heterocycles. The lowest BCUT2D eigenvalue weighted by Gasteiger charge is -2.39. The number of pyridine rings is 1. The largest absolute Gasteiger partial charge is 0.379 e. The summed E-state index contributed by atoms with van der Waals surface area (Å²) >= 11 is 6.08. The molecule has 0 spiro atoms. The van der Waals surface area contributed by atoms with Crippen LogP contribution in [0.15, 0.2) is 24.7 Å². The van der Waals surface area contributed by atoms with Crippen molar-refractivity contribution in [1.82, 2.24) is 25.3 Å². The molecule has 3 N–H and O–H groups in total. The summed E-state index contributed by atoms with van der Waals surface area (Å²) < 4.78 is 19.7. The van der Waals surface area contributed by atoms with Gasteiger partial charge in [-0.2, -0.15) is 0 Å². The van der Waals surface area contributed by atoms with Crippen LogP contribution in [-0.2, 0) is 9.53 Å². The number of carbonyl (C=O) groups is 1. The third-order valence-corrected chi connectivity index (χ3v) is 6.43. The molecule has 1 saturated carbocycles. The highest BCUT2D eigenvalue weighted by atomic mass is 35.5. The van der Waals surface area contributed by atoms with Gasteiger partial charge in [0.25, 0.3) is 0 Å². The summed E-state index contributed by atoms with van der Waals surface area (Å²) in [6.07, 6.45) is 7.87. The zero-order valence-corrected chi connectivity index (χ0v) is 18.4. The third kappa shape index (κ3) is 4.02. The lowest BCUT2D eigenvalue weighted by molar-refractivity contribution is -0.158. The monoisotopic (exact) mass is 458 g/mol. The first-order valence-electron chi connectivity index (χ1n) is 10.7. The maximum Gasteiger partial charge on any atom is 0.230 e. The average molecular weight is 459 g/mol. The number of amides is 1. The van der Waals surface area contributed by atoms with Crippen LogP contribution in [0.2, 0.25) is 5.02 Å². The molecular formula is C22H24ClFN6O2. The lowest BCUT2D eigenvalue weighted by Crippen LogP contribution is -2.55. The number of halogens is 2. The summed E-state index contributed by atoms with van der Waals surface area (Å²) in [6, 6.07) is 1.81. The Morgan fingerprint density at radius 1 is 1.28 bits per heavy atom. The van der Waals surface area contributed by atoms with Crippen LogP contribution in [0.1, 0.15) is 32.6 Å². The van der Waals surface area contributed by atoms with Gasteiger partial charge in [0.05, 0.1) is 29.8 Å². The van der Waals surface area contributed by atoms with Crippen molar-refractivity contribution in [3.63, 3.8) is 0 Å². The van der Waals surface area contributed by atoms with E-state index in [0.717, 1.165) is 24.6 Å². The van der Waals surface area contributed by atoms with Crippen LogP contribution in [0.4, 0.5) is 10.2 Å². The van der Waals surface area contributed by atoms with E-state index >= 15 is 0 Å². The van der Waals surface area contributed by atoms with Gasteiger partial charge in [-0.25, -0.2) is 19.3 Å². The van der Waals surface area contributed by atoms with Crippen molar-refractivity contribution in [2.45, 2.75) is 44.7 Å². The van der Waals surface area contributed by atoms with Crippen molar-refractivity contribution in [3.8, 4) is 11.4 Å². The standard InChI is InChI=1S/C22H24ClFN6O2/c1-22(10-32-11-22)21(31)29-14-4-2-3-13(6-14)28-20-17(24)9-27-19(30-20)16-8-26-18-15(16)5-12(23)7-25-18/h5,7-9,13-14H,2-4,6,10-11H2,1H3,(H,25,26)(H,29,31)(H,27,28,30)/t13-,14+/m0/s1. The molecule has 8 nitrogen and oxygen atoms in total. The number of aromatic amines is 1. The molecule has 5 rings (SSSR count). The van der Waals surface area contributed by atoms with Gasteiger partial charge < -0.3 is 20.4 Å². The third-order valence-electron chi connectivity index (χ3n) is 6.22. The van der Waals surface area contributed by atoms with Gasteiger partial charge in [0.15, 0.2) is 17.5 Å². The smallest absolute Gasteiger partial charge is 0.230 e. The van der Waals surface area contributed by atoms with Crippen LogP contribution >= 0.6 is 11.6 Å². The molecule has 0 bridgehead atoms. The molecule has 2 aliphatic rings. The molecule has 0 unspecified atom stereocenters. The normalized spacial score (nSPS) is 22.3. The Morgan fingerprint density at radius 2 is 2.09 bits per heavy atom. The lowest BCUT2D eigenvalue weighted by atomic mass is 9.85. The number of carbonyl (C=O) groups excluding carboxylic acids is 1. The first-order valence-corrected chi connectivity index (χ1v) is 11.1. The fourth-order valence-corrected chi connectivity index (χ4v) is 4.46. The van der Waals surface area contributed by atoms with Gasteiger partial charge in [-0.3, -0.25) is 4.79 Å². The second-order valence-corrected chi connectivity index (χ2v) is 9.31. The summed E-state index contributed by atoms with van der Waals surface area (Å²) in [7, 11) is 0. The van der Waals surface area contributed by atoms with Gasteiger partial charge in [-0.15, -0.1) is 0 Å². The van der Waals surface area contributed by atoms with Gasteiger partial charge in [0.1, 0.15) is 5.65 Å². The minimum Gasteiger partial charge on any atom is -0.379 e. The quantitative estimate of drug-likeness (QED) is 0.538. The molecule has 1 aliphatic heterocycles. The summed E-state index contributed by atoms with van der Waals surface area (Å²) in [4.78, 5) is 28.4. The van der Waals surface area contributed by atoms with Crippen molar-refractivity contribution in [2.75, 3.05) is 18.5 Å². The van der Waals surface area contributed by atoms with Crippen LogP contribution < -0.4 is 10.6 Å². The van der Waals surface area contributed by atoms with E-state index in [9.17, 15) is 9.18 Å². The van der Waals surface area contributed by atoms with Crippen LogP contribution in [0.25, 0.3) is 22.4 Å². The molecule has 3 aromatic heterocycles. The summed E-state index contributed by atoms with van der Waals surface area (Å²) in [6.45, 7) is 2.82. The van der Waals surface area contributed by atoms with Gasteiger partial charge in [-0.05, 0) is 38.7 Å². The molecule has 0 aromatic carbocycles. The minimum absolute atomic E-state index is 0.00386. The van der Waals surface area contributed by atoms with E-state index in [1.807, 2.05) is 6.92 Å². The first-order chi connectivity index (χ1) is 15.4. The predicted octanol–water partition coefficient (Wildman–Crippen LogP) is 3.69. The van der Waals surface area contributed by atoms with Crippen molar-refractivity contribution < 1.29 is 13.9 Å². The number of anilines is 1. The molecule has 1 aliphatic carbocycles. The minimum atomic E-state index is -0.518.